The molecule has 1 atom stereocenters. The number of amides is 1. The first-order valence-electron chi connectivity index (χ1n) is 10.5. The van der Waals surface area contributed by atoms with Crippen LogP contribution in [0.15, 0.2) is 90.8 Å². The number of ether oxygens (including phenoxy) is 1. The van der Waals surface area contributed by atoms with E-state index < -0.39 is 29.3 Å². The number of hydrogen-bond donors (Lipinski definition) is 1. The number of benzene rings is 3. The minimum atomic E-state index is -0.957. The van der Waals surface area contributed by atoms with Gasteiger partial charge >= 0.3 is 0 Å². The third kappa shape index (κ3) is 3.38. The van der Waals surface area contributed by atoms with Crippen molar-refractivity contribution in [2.75, 3.05) is 12.0 Å². The van der Waals surface area contributed by atoms with Gasteiger partial charge in [0.1, 0.15) is 17.3 Å². The molecule has 4 aromatic rings. The van der Waals surface area contributed by atoms with E-state index in [1.54, 1.807) is 36.7 Å². The number of anilines is 1. The van der Waals surface area contributed by atoms with Crippen LogP contribution < -0.4 is 9.64 Å². The maximum absolute atomic E-state index is 14.1. The first-order valence-corrected chi connectivity index (χ1v) is 10.5. The van der Waals surface area contributed by atoms with Crippen molar-refractivity contribution in [3.63, 3.8) is 0 Å². The predicted octanol–water partition coefficient (Wildman–Crippen LogP) is 5.01. The highest BCUT2D eigenvalue weighted by atomic mass is 19.1. The number of halogens is 1. The number of methoxy groups -OCH3 is 1. The summed E-state index contributed by atoms with van der Waals surface area (Å²) in [5, 5.41) is 12.9. The average Bonchev–Trinajstić information content (AvgIpc) is 3.14. The molecule has 2 heterocycles. The normalized spacial score (nSPS) is 17.4. The van der Waals surface area contributed by atoms with E-state index in [1.165, 1.54) is 24.1 Å². The molecule has 34 heavy (non-hydrogen) atoms. The highest BCUT2D eigenvalue weighted by Gasteiger charge is 2.47. The Hall–Kier alpha value is -4.52. The Morgan fingerprint density at radius 3 is 2.50 bits per heavy atom. The van der Waals surface area contributed by atoms with Gasteiger partial charge in [0, 0.05) is 17.8 Å². The number of carbonyl (C=O) groups excluding carboxylic acids is 2. The molecule has 3 aromatic carbocycles. The van der Waals surface area contributed by atoms with Crippen LogP contribution in [0.4, 0.5) is 10.1 Å². The minimum Gasteiger partial charge on any atom is -0.507 e. The lowest BCUT2D eigenvalue weighted by atomic mass is 9.95. The van der Waals surface area contributed by atoms with Crippen molar-refractivity contribution in [2.45, 2.75) is 6.04 Å². The summed E-state index contributed by atoms with van der Waals surface area (Å²) in [6, 6.07) is 19.0. The van der Waals surface area contributed by atoms with E-state index in [4.69, 9.17) is 4.74 Å². The highest BCUT2D eigenvalue weighted by Crippen LogP contribution is 2.44. The van der Waals surface area contributed by atoms with E-state index in [1.807, 2.05) is 30.3 Å². The van der Waals surface area contributed by atoms with Crippen LogP contribution in [0.25, 0.3) is 16.5 Å². The molecule has 168 valence electrons. The first kappa shape index (κ1) is 21.3. The second kappa shape index (κ2) is 8.44. The number of pyridine rings is 1. The number of rotatable bonds is 4. The molecule has 1 N–H and O–H groups in total. The second-order valence-corrected chi connectivity index (χ2v) is 7.79. The van der Waals surface area contributed by atoms with Crippen LogP contribution in [-0.4, -0.2) is 28.9 Å². The molecule has 1 unspecified atom stereocenters. The van der Waals surface area contributed by atoms with Crippen molar-refractivity contribution >= 4 is 33.9 Å². The van der Waals surface area contributed by atoms with Crippen LogP contribution in [0.5, 0.6) is 5.75 Å². The van der Waals surface area contributed by atoms with Gasteiger partial charge in [0.05, 0.1) is 30.0 Å². The van der Waals surface area contributed by atoms with Gasteiger partial charge in [0.2, 0.25) is 0 Å². The summed E-state index contributed by atoms with van der Waals surface area (Å²) < 4.78 is 19.4. The molecule has 6 nitrogen and oxygen atoms in total. The monoisotopic (exact) mass is 454 g/mol. The van der Waals surface area contributed by atoms with Crippen molar-refractivity contribution in [1.82, 2.24) is 4.98 Å². The summed E-state index contributed by atoms with van der Waals surface area (Å²) in [4.78, 5) is 32.2. The fourth-order valence-electron chi connectivity index (χ4n) is 4.37. The van der Waals surface area contributed by atoms with Gasteiger partial charge in [-0.1, -0.05) is 36.4 Å². The highest BCUT2D eigenvalue weighted by molar-refractivity contribution is 6.52. The van der Waals surface area contributed by atoms with Crippen LogP contribution in [0.1, 0.15) is 17.2 Å². The molecule has 1 amide bonds. The van der Waals surface area contributed by atoms with E-state index in [2.05, 4.69) is 4.98 Å². The topological polar surface area (TPSA) is 79.7 Å². The quantitative estimate of drug-likeness (QED) is 0.266. The fraction of sp³-hybridized carbons (Fsp3) is 0.0741. The van der Waals surface area contributed by atoms with E-state index in [-0.39, 0.29) is 16.9 Å². The Morgan fingerprint density at radius 1 is 1.00 bits per heavy atom. The van der Waals surface area contributed by atoms with Gasteiger partial charge in [0.15, 0.2) is 0 Å². The summed E-state index contributed by atoms with van der Waals surface area (Å²) >= 11 is 0. The fourth-order valence-corrected chi connectivity index (χ4v) is 4.37. The van der Waals surface area contributed by atoms with Crippen molar-refractivity contribution in [3.05, 3.63) is 108 Å². The van der Waals surface area contributed by atoms with E-state index >= 15 is 0 Å². The number of hydrogen-bond acceptors (Lipinski definition) is 5. The zero-order valence-electron chi connectivity index (χ0n) is 18.1. The Bertz CT molecular complexity index is 1460. The zero-order valence-corrected chi connectivity index (χ0v) is 18.1. The third-order valence-corrected chi connectivity index (χ3v) is 5.91. The molecule has 7 heteroatoms. The number of aliphatic hydroxyl groups is 1. The molecule has 0 aliphatic carbocycles. The molecular formula is C27H19FN2O4. The van der Waals surface area contributed by atoms with Crippen molar-refractivity contribution in [3.8, 4) is 5.75 Å². The lowest BCUT2D eigenvalue weighted by Crippen LogP contribution is -2.29. The number of carbonyl (C=O) groups is 2. The Kier molecular flexibility index (Phi) is 5.30. The van der Waals surface area contributed by atoms with Crippen LogP contribution in [0.2, 0.25) is 0 Å². The summed E-state index contributed by atoms with van der Waals surface area (Å²) in [5.74, 6) is -2.64. The van der Waals surface area contributed by atoms with Crippen molar-refractivity contribution < 1.29 is 23.8 Å². The Labute approximate surface area is 194 Å². The summed E-state index contributed by atoms with van der Waals surface area (Å²) in [5.41, 5.74) is 0.914. The molecule has 0 bridgehead atoms. The molecule has 5 rings (SSSR count). The molecule has 1 aliphatic heterocycles. The number of Topliss-reactive ketones (excluding diaryl/α,β-unsaturated/α-hetero) is 1. The van der Waals surface area contributed by atoms with Crippen LogP contribution in [0, 0.1) is 5.82 Å². The van der Waals surface area contributed by atoms with Crippen molar-refractivity contribution in [2.24, 2.45) is 0 Å². The lowest BCUT2D eigenvalue weighted by molar-refractivity contribution is -0.132. The second-order valence-electron chi connectivity index (χ2n) is 7.79. The predicted molar refractivity (Wildman–Crippen MR) is 126 cm³/mol. The van der Waals surface area contributed by atoms with Crippen LogP contribution in [-0.2, 0) is 9.59 Å². The molecule has 0 saturated carbocycles. The smallest absolute Gasteiger partial charge is 0.300 e. The largest absolute Gasteiger partial charge is 0.507 e. The molecule has 1 aliphatic rings. The molecule has 0 spiro atoms. The Morgan fingerprint density at radius 2 is 1.74 bits per heavy atom. The van der Waals surface area contributed by atoms with Gasteiger partial charge in [-0.2, -0.15) is 0 Å². The third-order valence-electron chi connectivity index (χ3n) is 5.91. The SMILES string of the molecule is COc1ccc(F)cc1/C(O)=C1\C(=O)C(=O)N(c2cccc3ccccc23)C1c1ccncc1. The molecule has 1 saturated heterocycles. The van der Waals surface area contributed by atoms with Gasteiger partial charge in [0.25, 0.3) is 11.7 Å². The molecular weight excluding hydrogens is 435 g/mol. The molecule has 0 radical (unpaired) electrons. The van der Waals surface area contributed by atoms with Gasteiger partial charge in [-0.15, -0.1) is 0 Å². The van der Waals surface area contributed by atoms with Gasteiger partial charge < -0.3 is 9.84 Å². The minimum absolute atomic E-state index is 0.0162. The maximum atomic E-state index is 14.1. The average molecular weight is 454 g/mol. The lowest BCUT2D eigenvalue weighted by Gasteiger charge is -2.26. The van der Waals surface area contributed by atoms with Gasteiger partial charge in [-0.05, 0) is 47.3 Å². The van der Waals surface area contributed by atoms with Crippen LogP contribution in [0.3, 0.4) is 0 Å². The number of nitrogens with zero attached hydrogens (tertiary/aromatic N) is 2. The van der Waals surface area contributed by atoms with Gasteiger partial charge in [-0.3, -0.25) is 19.5 Å². The number of aromatic nitrogens is 1. The number of fused-ring (bicyclic) bond motifs is 1. The molecule has 1 fully saturated rings. The summed E-state index contributed by atoms with van der Waals surface area (Å²) in [7, 11) is 1.37. The van der Waals surface area contributed by atoms with Crippen molar-refractivity contribution in [1.29, 1.82) is 0 Å². The van der Waals surface area contributed by atoms with E-state index in [0.29, 0.717) is 11.3 Å². The zero-order chi connectivity index (χ0) is 23.8. The van der Waals surface area contributed by atoms with E-state index in [9.17, 15) is 19.1 Å². The van der Waals surface area contributed by atoms with E-state index in [0.717, 1.165) is 16.8 Å². The molecule has 1 aromatic heterocycles. The van der Waals surface area contributed by atoms with Gasteiger partial charge in [-0.25, -0.2) is 4.39 Å². The van der Waals surface area contributed by atoms with Crippen LogP contribution >= 0.6 is 0 Å². The number of aliphatic hydroxyl groups excluding tert-OH is 1. The summed E-state index contributed by atoms with van der Waals surface area (Å²) in [6.07, 6.45) is 3.09. The summed E-state index contributed by atoms with van der Waals surface area (Å²) in [6.45, 7) is 0. The number of ketones is 1. The maximum Gasteiger partial charge on any atom is 0.300 e. The first-order chi connectivity index (χ1) is 16.5. The standard InChI is InChI=1S/C27H19FN2O4/c1-34-22-10-9-18(28)15-20(22)25(31)23-24(17-11-13-29-14-12-17)30(27(33)26(23)32)21-8-4-6-16-5-2-3-7-19(16)21/h2-15,24,31H,1H3/b25-23+. The Balaban J connectivity index is 1.80.